The molecule has 0 amide bonds. The SMILES string of the molecule is Cc1cc(C)c(N)c(C(=O)OCCC2CC2)c1. The first-order chi connectivity index (χ1) is 8.08. The number of hydrogen-bond donors (Lipinski definition) is 1. The monoisotopic (exact) mass is 233 g/mol. The minimum atomic E-state index is -0.296. The van der Waals surface area contributed by atoms with Crippen molar-refractivity contribution in [2.45, 2.75) is 33.1 Å². The molecule has 0 bridgehead atoms. The van der Waals surface area contributed by atoms with Crippen LogP contribution in [0.5, 0.6) is 0 Å². The van der Waals surface area contributed by atoms with Crippen molar-refractivity contribution in [3.05, 3.63) is 28.8 Å². The van der Waals surface area contributed by atoms with Crippen molar-refractivity contribution in [1.82, 2.24) is 0 Å². The van der Waals surface area contributed by atoms with E-state index in [1.54, 1.807) is 6.07 Å². The molecule has 3 nitrogen and oxygen atoms in total. The summed E-state index contributed by atoms with van der Waals surface area (Å²) < 4.78 is 5.25. The first-order valence-corrected chi connectivity index (χ1v) is 6.12. The zero-order valence-corrected chi connectivity index (χ0v) is 10.5. The lowest BCUT2D eigenvalue weighted by atomic mass is 10.0. The zero-order chi connectivity index (χ0) is 12.4. The van der Waals surface area contributed by atoms with Gasteiger partial charge in [0.2, 0.25) is 0 Å². The van der Waals surface area contributed by atoms with Gasteiger partial charge in [0.1, 0.15) is 0 Å². The van der Waals surface area contributed by atoms with Crippen molar-refractivity contribution in [3.8, 4) is 0 Å². The summed E-state index contributed by atoms with van der Waals surface area (Å²) in [5.74, 6) is 0.481. The number of carbonyl (C=O) groups is 1. The highest BCUT2D eigenvalue weighted by Gasteiger charge is 2.21. The number of benzene rings is 1. The molecule has 0 unspecified atom stereocenters. The number of nitrogen functional groups attached to an aromatic ring is 1. The van der Waals surface area contributed by atoms with Gasteiger partial charge in [-0.1, -0.05) is 18.9 Å². The van der Waals surface area contributed by atoms with Crippen LogP contribution >= 0.6 is 0 Å². The Bertz CT molecular complexity index is 436. The smallest absolute Gasteiger partial charge is 0.340 e. The lowest BCUT2D eigenvalue weighted by Gasteiger charge is -2.10. The van der Waals surface area contributed by atoms with Crippen LogP contribution in [0.1, 0.15) is 40.7 Å². The Labute approximate surface area is 102 Å². The number of nitrogens with two attached hydrogens (primary N) is 1. The molecule has 0 aliphatic heterocycles. The van der Waals surface area contributed by atoms with Gasteiger partial charge in [-0.3, -0.25) is 0 Å². The molecule has 1 saturated carbocycles. The topological polar surface area (TPSA) is 52.3 Å². The third-order valence-electron chi connectivity index (χ3n) is 3.21. The molecule has 2 N–H and O–H groups in total. The molecule has 1 aromatic rings. The van der Waals surface area contributed by atoms with E-state index in [4.69, 9.17) is 10.5 Å². The third kappa shape index (κ3) is 2.99. The van der Waals surface area contributed by atoms with Crippen LogP contribution in [0.15, 0.2) is 12.1 Å². The molecule has 0 spiro atoms. The van der Waals surface area contributed by atoms with Crippen LogP contribution in [0.2, 0.25) is 0 Å². The molecule has 0 radical (unpaired) electrons. The van der Waals surface area contributed by atoms with Gasteiger partial charge >= 0.3 is 5.97 Å². The highest BCUT2D eigenvalue weighted by atomic mass is 16.5. The Morgan fingerprint density at radius 3 is 2.76 bits per heavy atom. The van der Waals surface area contributed by atoms with Crippen molar-refractivity contribution < 1.29 is 9.53 Å². The van der Waals surface area contributed by atoms with E-state index in [0.29, 0.717) is 17.9 Å². The van der Waals surface area contributed by atoms with Crippen LogP contribution < -0.4 is 5.73 Å². The molecule has 3 heteroatoms. The lowest BCUT2D eigenvalue weighted by molar-refractivity contribution is 0.0496. The summed E-state index contributed by atoms with van der Waals surface area (Å²) in [5.41, 5.74) is 8.89. The average Bonchev–Trinajstić information content (AvgIpc) is 3.07. The fraction of sp³-hybridized carbons (Fsp3) is 0.500. The number of anilines is 1. The molecule has 1 aliphatic rings. The highest BCUT2D eigenvalue weighted by molar-refractivity contribution is 5.96. The van der Waals surface area contributed by atoms with Crippen LogP contribution in [0.4, 0.5) is 5.69 Å². The number of rotatable bonds is 4. The van der Waals surface area contributed by atoms with Crippen molar-refractivity contribution in [1.29, 1.82) is 0 Å². The van der Waals surface area contributed by atoms with Gasteiger partial charge in [0.25, 0.3) is 0 Å². The summed E-state index contributed by atoms with van der Waals surface area (Å²) in [6.07, 6.45) is 3.54. The van der Waals surface area contributed by atoms with Gasteiger partial charge in [-0.15, -0.1) is 0 Å². The van der Waals surface area contributed by atoms with Crippen molar-refractivity contribution >= 4 is 11.7 Å². The number of carbonyl (C=O) groups excluding carboxylic acids is 1. The summed E-state index contributed by atoms with van der Waals surface area (Å²) in [5, 5.41) is 0. The minimum Gasteiger partial charge on any atom is -0.462 e. The predicted molar refractivity (Wildman–Crippen MR) is 68.0 cm³/mol. The van der Waals surface area contributed by atoms with Gasteiger partial charge in [0.15, 0.2) is 0 Å². The molecular weight excluding hydrogens is 214 g/mol. The molecule has 0 saturated heterocycles. The van der Waals surface area contributed by atoms with Gasteiger partial charge in [-0.25, -0.2) is 4.79 Å². The third-order valence-corrected chi connectivity index (χ3v) is 3.21. The summed E-state index contributed by atoms with van der Waals surface area (Å²) in [6, 6.07) is 3.76. The summed E-state index contributed by atoms with van der Waals surface area (Å²) in [6.45, 7) is 4.37. The van der Waals surface area contributed by atoms with Crippen LogP contribution in [0.25, 0.3) is 0 Å². The van der Waals surface area contributed by atoms with E-state index in [0.717, 1.165) is 23.5 Å². The molecule has 0 heterocycles. The van der Waals surface area contributed by atoms with E-state index >= 15 is 0 Å². The standard InChI is InChI=1S/C14H19NO2/c1-9-7-10(2)13(15)12(8-9)14(16)17-6-5-11-3-4-11/h7-8,11H,3-6,15H2,1-2H3. The molecule has 1 fully saturated rings. The molecule has 92 valence electrons. The van der Waals surface area contributed by atoms with Gasteiger partial charge in [-0.05, 0) is 43.4 Å². The number of aryl methyl sites for hydroxylation is 2. The summed E-state index contributed by atoms with van der Waals surface area (Å²) >= 11 is 0. The van der Waals surface area contributed by atoms with Crippen LogP contribution in [-0.4, -0.2) is 12.6 Å². The lowest BCUT2D eigenvalue weighted by Crippen LogP contribution is -2.11. The Hall–Kier alpha value is -1.51. The summed E-state index contributed by atoms with van der Waals surface area (Å²) in [7, 11) is 0. The molecule has 0 aromatic heterocycles. The Kier molecular flexibility index (Phi) is 3.36. The normalized spacial score (nSPS) is 14.7. The molecule has 1 aromatic carbocycles. The van der Waals surface area contributed by atoms with Gasteiger partial charge in [-0.2, -0.15) is 0 Å². The van der Waals surface area contributed by atoms with Crippen molar-refractivity contribution in [3.63, 3.8) is 0 Å². The van der Waals surface area contributed by atoms with Gasteiger partial charge in [0, 0.05) is 5.69 Å². The van der Waals surface area contributed by atoms with E-state index in [1.807, 2.05) is 19.9 Å². The van der Waals surface area contributed by atoms with E-state index in [1.165, 1.54) is 12.8 Å². The van der Waals surface area contributed by atoms with E-state index in [-0.39, 0.29) is 5.97 Å². The van der Waals surface area contributed by atoms with Crippen LogP contribution in [0, 0.1) is 19.8 Å². The van der Waals surface area contributed by atoms with E-state index in [2.05, 4.69) is 0 Å². The minimum absolute atomic E-state index is 0.296. The predicted octanol–water partition coefficient (Wildman–Crippen LogP) is 2.84. The van der Waals surface area contributed by atoms with Crippen molar-refractivity contribution in [2.75, 3.05) is 12.3 Å². The van der Waals surface area contributed by atoms with Crippen molar-refractivity contribution in [2.24, 2.45) is 5.92 Å². The first kappa shape index (κ1) is 12.0. The summed E-state index contributed by atoms with van der Waals surface area (Å²) in [4.78, 5) is 11.9. The number of ether oxygens (including phenoxy) is 1. The molecular formula is C14H19NO2. The van der Waals surface area contributed by atoms with Gasteiger partial charge in [0.05, 0.1) is 12.2 Å². The Balaban J connectivity index is 2.01. The highest BCUT2D eigenvalue weighted by Crippen LogP contribution is 2.32. The van der Waals surface area contributed by atoms with E-state index < -0.39 is 0 Å². The fourth-order valence-corrected chi connectivity index (χ4v) is 1.95. The molecule has 1 aliphatic carbocycles. The maximum absolute atomic E-state index is 11.9. The van der Waals surface area contributed by atoms with Gasteiger partial charge < -0.3 is 10.5 Å². The molecule has 2 rings (SSSR count). The average molecular weight is 233 g/mol. The second-order valence-corrected chi connectivity index (χ2v) is 4.91. The van der Waals surface area contributed by atoms with Crippen LogP contribution in [0.3, 0.4) is 0 Å². The molecule has 17 heavy (non-hydrogen) atoms. The first-order valence-electron chi connectivity index (χ1n) is 6.12. The number of hydrogen-bond acceptors (Lipinski definition) is 3. The van der Waals surface area contributed by atoms with Crippen LogP contribution in [-0.2, 0) is 4.74 Å². The maximum Gasteiger partial charge on any atom is 0.340 e. The van der Waals surface area contributed by atoms with E-state index in [9.17, 15) is 4.79 Å². The quantitative estimate of drug-likeness (QED) is 0.642. The maximum atomic E-state index is 11.9. The second kappa shape index (κ2) is 4.78. The Morgan fingerprint density at radius 2 is 2.12 bits per heavy atom. The Morgan fingerprint density at radius 1 is 1.41 bits per heavy atom. The zero-order valence-electron chi connectivity index (χ0n) is 10.5. The fourth-order valence-electron chi connectivity index (χ4n) is 1.95. The molecule has 0 atom stereocenters. The number of esters is 1. The largest absolute Gasteiger partial charge is 0.462 e. The second-order valence-electron chi connectivity index (χ2n) is 4.91.